The number of amides is 1. The minimum Gasteiger partial charge on any atom is -0.431 e. The van der Waals surface area contributed by atoms with E-state index in [-0.39, 0.29) is 25.3 Å². The van der Waals surface area contributed by atoms with Crippen LogP contribution in [0.25, 0.3) is 22.2 Å². The Morgan fingerprint density at radius 1 is 1.10 bits per heavy atom. The van der Waals surface area contributed by atoms with Crippen LogP contribution in [0.3, 0.4) is 0 Å². The number of hydrogen-bond acceptors (Lipinski definition) is 4. The third-order valence-corrected chi connectivity index (χ3v) is 8.34. The smallest absolute Gasteiger partial charge is 0.308 e. The number of carbonyl (C=O) groups is 2. The van der Waals surface area contributed by atoms with Gasteiger partial charge in [-0.1, -0.05) is 89.9 Å². The van der Waals surface area contributed by atoms with Gasteiger partial charge in [0.25, 0.3) is 5.91 Å². The summed E-state index contributed by atoms with van der Waals surface area (Å²) in [4.78, 5) is 31.1. The van der Waals surface area contributed by atoms with E-state index in [0.717, 1.165) is 37.8 Å². The Kier molecular flexibility index (Phi) is 10.7. The Balaban J connectivity index is 1.62. The number of pyridine rings is 1. The number of nitrogens with one attached hydrogen (secondary N) is 1. The van der Waals surface area contributed by atoms with Gasteiger partial charge in [0.2, 0.25) is 6.36 Å². The largest absolute Gasteiger partial charge is 0.431 e. The van der Waals surface area contributed by atoms with Crippen LogP contribution in [0.1, 0.15) is 67.4 Å². The van der Waals surface area contributed by atoms with Gasteiger partial charge >= 0.3 is 5.97 Å². The summed E-state index contributed by atoms with van der Waals surface area (Å²) in [6.45, 7) is 6.03. The second-order valence-corrected chi connectivity index (χ2v) is 12.1. The summed E-state index contributed by atoms with van der Waals surface area (Å²) < 4.78 is 19.5. The third-order valence-electron chi connectivity index (χ3n) is 7.51. The molecule has 1 amide bonds. The number of hydrogen-bond donors (Lipinski definition) is 1. The fraction of sp³-hybridized carbons (Fsp3) is 0.324. The number of fused-ring (bicyclic) bond motifs is 1. The monoisotopic (exact) mass is 652 g/mol. The molecule has 0 radical (unpaired) electrons. The first-order valence-corrected chi connectivity index (χ1v) is 15.3. The maximum Gasteiger partial charge on any atom is 0.308 e. The number of benzene rings is 3. The fourth-order valence-corrected chi connectivity index (χ4v) is 5.97. The van der Waals surface area contributed by atoms with Crippen LogP contribution in [0.5, 0.6) is 0 Å². The highest BCUT2D eigenvalue weighted by atomic mass is 79.9. The van der Waals surface area contributed by atoms with Gasteiger partial charge in [-0.25, -0.2) is 9.37 Å². The summed E-state index contributed by atoms with van der Waals surface area (Å²) in [6.07, 6.45) is 0.220. The van der Waals surface area contributed by atoms with E-state index in [4.69, 9.17) is 21.3 Å². The zero-order valence-electron chi connectivity index (χ0n) is 24.1. The fourth-order valence-electron chi connectivity index (χ4n) is 5.24. The van der Waals surface area contributed by atoms with E-state index in [1.165, 1.54) is 0 Å². The SMILES string of the molecule is CCCC(F)OC(=O)CCCC(C)(CNC(=O)c1c(C)c(-c2ccccc2)nc2ccc(Br)cc12)c1ccccc1Cl. The normalized spacial score (nSPS) is 13.4. The molecule has 4 aromatic rings. The van der Waals surface area contributed by atoms with Crippen LogP contribution in [-0.2, 0) is 14.9 Å². The van der Waals surface area contributed by atoms with E-state index in [9.17, 15) is 14.0 Å². The molecule has 0 fully saturated rings. The van der Waals surface area contributed by atoms with Gasteiger partial charge in [-0.2, -0.15) is 0 Å². The summed E-state index contributed by atoms with van der Waals surface area (Å²) >= 11 is 10.2. The van der Waals surface area contributed by atoms with E-state index < -0.39 is 17.7 Å². The number of esters is 1. The molecular formula is C34H35BrClFN2O3. The zero-order valence-corrected chi connectivity index (χ0v) is 26.4. The van der Waals surface area contributed by atoms with Gasteiger partial charge in [-0.3, -0.25) is 9.59 Å². The predicted molar refractivity (Wildman–Crippen MR) is 171 cm³/mol. The molecule has 0 saturated heterocycles. The molecule has 0 aliphatic carbocycles. The Bertz CT molecular complexity index is 1570. The van der Waals surface area contributed by atoms with Gasteiger partial charge in [-0.15, -0.1) is 0 Å². The van der Waals surface area contributed by atoms with Gasteiger partial charge in [0.1, 0.15) is 0 Å². The summed E-state index contributed by atoms with van der Waals surface area (Å²) in [6, 6.07) is 23.0. The van der Waals surface area contributed by atoms with E-state index >= 15 is 0 Å². The second kappa shape index (κ2) is 14.3. The maximum atomic E-state index is 14.0. The zero-order chi connectivity index (χ0) is 30.3. The molecule has 42 heavy (non-hydrogen) atoms. The van der Waals surface area contributed by atoms with Crippen molar-refractivity contribution in [1.29, 1.82) is 0 Å². The topological polar surface area (TPSA) is 68.3 Å². The molecule has 4 rings (SSSR count). The van der Waals surface area contributed by atoms with Crippen molar-refractivity contribution in [3.05, 3.63) is 99.0 Å². The lowest BCUT2D eigenvalue weighted by molar-refractivity contribution is -0.158. The minimum absolute atomic E-state index is 0.0701. The third kappa shape index (κ3) is 7.56. The van der Waals surface area contributed by atoms with Crippen molar-refractivity contribution < 1.29 is 18.7 Å². The maximum absolute atomic E-state index is 14.0. The molecule has 0 aliphatic heterocycles. The van der Waals surface area contributed by atoms with Gasteiger partial charge in [0.05, 0.1) is 16.8 Å². The average Bonchev–Trinajstić information content (AvgIpc) is 2.96. The van der Waals surface area contributed by atoms with Crippen LogP contribution in [0, 0.1) is 6.92 Å². The Labute approximate surface area is 260 Å². The molecule has 0 saturated carbocycles. The molecule has 0 bridgehead atoms. The molecule has 2 atom stereocenters. The lowest BCUT2D eigenvalue weighted by Crippen LogP contribution is -2.39. The summed E-state index contributed by atoms with van der Waals surface area (Å²) in [5.41, 5.74) is 3.97. The van der Waals surface area contributed by atoms with E-state index in [2.05, 4.69) is 21.2 Å². The Morgan fingerprint density at radius 3 is 2.52 bits per heavy atom. The lowest BCUT2D eigenvalue weighted by Gasteiger charge is -2.32. The molecule has 1 heterocycles. The van der Waals surface area contributed by atoms with Crippen molar-refractivity contribution >= 4 is 50.3 Å². The number of alkyl halides is 1. The summed E-state index contributed by atoms with van der Waals surface area (Å²) in [5, 5.41) is 4.48. The number of aromatic nitrogens is 1. The molecular weight excluding hydrogens is 619 g/mol. The first-order chi connectivity index (χ1) is 20.1. The molecule has 8 heteroatoms. The highest BCUT2D eigenvalue weighted by Gasteiger charge is 2.30. The van der Waals surface area contributed by atoms with Crippen molar-refractivity contribution in [2.75, 3.05) is 6.54 Å². The number of nitrogens with zero attached hydrogens (tertiary/aromatic N) is 1. The molecule has 2 unspecified atom stereocenters. The molecule has 1 N–H and O–H groups in total. The first kappa shape index (κ1) is 31.6. The van der Waals surface area contributed by atoms with Crippen molar-refractivity contribution in [2.24, 2.45) is 0 Å². The van der Waals surface area contributed by atoms with Gasteiger partial charge in [0, 0.05) is 45.2 Å². The highest BCUT2D eigenvalue weighted by molar-refractivity contribution is 9.10. The van der Waals surface area contributed by atoms with Crippen LogP contribution in [0.2, 0.25) is 5.02 Å². The Hall–Kier alpha value is -3.29. The minimum atomic E-state index is -1.59. The van der Waals surface area contributed by atoms with Crippen molar-refractivity contribution in [3.8, 4) is 11.3 Å². The number of ether oxygens (including phenoxy) is 1. The molecule has 0 aliphatic rings. The van der Waals surface area contributed by atoms with E-state index in [0.29, 0.717) is 29.8 Å². The van der Waals surface area contributed by atoms with Crippen LogP contribution < -0.4 is 5.32 Å². The molecule has 1 aromatic heterocycles. The second-order valence-electron chi connectivity index (χ2n) is 10.8. The number of rotatable bonds is 12. The first-order valence-electron chi connectivity index (χ1n) is 14.1. The van der Waals surface area contributed by atoms with Crippen molar-refractivity contribution in [3.63, 3.8) is 0 Å². The highest BCUT2D eigenvalue weighted by Crippen LogP contribution is 2.35. The summed E-state index contributed by atoms with van der Waals surface area (Å²) in [7, 11) is 0. The summed E-state index contributed by atoms with van der Waals surface area (Å²) in [5.74, 6) is -0.799. The standard InChI is InChI=1S/C34H35BrClFN2O3/c1-4-11-29(37)42-30(40)16-10-19-34(3,26-14-8-9-15-27(26)36)21-38-33(41)31-22(2)32(23-12-6-5-7-13-23)39-28-18-17-24(35)20-25(28)31/h5-9,12-15,17-18,20,29H,4,10-11,16,19,21H2,1-3H3,(H,38,41). The van der Waals surface area contributed by atoms with Gasteiger partial charge in [0.15, 0.2) is 0 Å². The molecule has 5 nitrogen and oxygen atoms in total. The van der Waals surface area contributed by atoms with Gasteiger partial charge < -0.3 is 10.1 Å². The average molecular weight is 654 g/mol. The van der Waals surface area contributed by atoms with E-state index in [1.54, 1.807) is 0 Å². The van der Waals surface area contributed by atoms with Crippen LogP contribution in [0.4, 0.5) is 4.39 Å². The predicted octanol–water partition coefficient (Wildman–Crippen LogP) is 9.12. The number of carbonyl (C=O) groups excluding carboxylic acids is 2. The van der Waals surface area contributed by atoms with Crippen LogP contribution in [-0.4, -0.2) is 29.8 Å². The Morgan fingerprint density at radius 2 is 1.81 bits per heavy atom. The van der Waals surface area contributed by atoms with Crippen LogP contribution >= 0.6 is 27.5 Å². The van der Waals surface area contributed by atoms with Crippen molar-refractivity contribution in [1.82, 2.24) is 10.3 Å². The lowest BCUT2D eigenvalue weighted by atomic mass is 9.78. The van der Waals surface area contributed by atoms with E-state index in [1.807, 2.05) is 93.6 Å². The molecule has 3 aromatic carbocycles. The number of halogens is 3. The van der Waals surface area contributed by atoms with Crippen LogP contribution in [0.15, 0.2) is 77.3 Å². The van der Waals surface area contributed by atoms with Gasteiger partial charge in [-0.05, 0) is 61.6 Å². The molecule has 0 spiro atoms. The molecule has 220 valence electrons. The van der Waals surface area contributed by atoms with Crippen molar-refractivity contribution in [2.45, 2.75) is 64.6 Å². The quantitative estimate of drug-likeness (QED) is 0.155.